The van der Waals surface area contributed by atoms with Crippen LogP contribution >= 0.6 is 0 Å². The molecule has 8 nitrogen and oxygen atoms in total. The van der Waals surface area contributed by atoms with Gasteiger partial charge in [-0.3, -0.25) is 19.4 Å². The minimum absolute atomic E-state index is 0.0501. The molecule has 0 aliphatic carbocycles. The van der Waals surface area contributed by atoms with Crippen LogP contribution in [0.4, 0.5) is 4.79 Å². The number of urea groups is 1. The van der Waals surface area contributed by atoms with E-state index < -0.39 is 5.54 Å². The van der Waals surface area contributed by atoms with Gasteiger partial charge < -0.3 is 14.6 Å². The predicted molar refractivity (Wildman–Crippen MR) is 89.5 cm³/mol. The maximum Gasteiger partial charge on any atom is 0.325 e. The molecule has 1 spiro atoms. The topological polar surface area (TPSA) is 86.1 Å². The van der Waals surface area contributed by atoms with E-state index in [-0.39, 0.29) is 30.4 Å². The molecule has 1 N–H and O–H groups in total. The Bertz CT molecular complexity index is 672. The van der Waals surface area contributed by atoms with Gasteiger partial charge in [0.1, 0.15) is 11.3 Å². The van der Waals surface area contributed by atoms with E-state index in [9.17, 15) is 14.4 Å². The molecule has 1 aromatic rings. The summed E-state index contributed by atoms with van der Waals surface area (Å²) in [6.45, 7) is 5.21. The van der Waals surface area contributed by atoms with Crippen LogP contribution < -0.4 is 5.32 Å². The molecule has 0 unspecified atom stereocenters. The summed E-state index contributed by atoms with van der Waals surface area (Å²) in [5, 5.41) is 2.84. The molecule has 4 amide bonds. The van der Waals surface area contributed by atoms with E-state index in [1.165, 1.54) is 4.90 Å². The third kappa shape index (κ3) is 3.26. The van der Waals surface area contributed by atoms with Gasteiger partial charge in [0.05, 0.1) is 19.4 Å². The molecule has 8 heteroatoms. The lowest BCUT2D eigenvalue weighted by Gasteiger charge is -2.24. The van der Waals surface area contributed by atoms with Crippen molar-refractivity contribution in [3.8, 4) is 0 Å². The Morgan fingerprint density at radius 3 is 2.80 bits per heavy atom. The zero-order chi connectivity index (χ0) is 18.2. The Balaban J connectivity index is 1.59. The number of amides is 4. The summed E-state index contributed by atoms with van der Waals surface area (Å²) >= 11 is 0. The number of hydrogen-bond donors (Lipinski definition) is 1. The number of carbonyl (C=O) groups is 3. The molecule has 25 heavy (non-hydrogen) atoms. The maximum absolute atomic E-state index is 12.7. The maximum atomic E-state index is 12.7. The average Bonchev–Trinajstić information content (AvgIpc) is 3.22. The number of rotatable bonds is 5. The van der Waals surface area contributed by atoms with E-state index in [1.54, 1.807) is 24.3 Å². The van der Waals surface area contributed by atoms with Crippen LogP contribution in [-0.4, -0.2) is 70.8 Å². The molecule has 0 saturated carbocycles. The summed E-state index contributed by atoms with van der Waals surface area (Å²) < 4.78 is 5.26. The van der Waals surface area contributed by atoms with Crippen molar-refractivity contribution in [3.05, 3.63) is 24.2 Å². The lowest BCUT2D eigenvalue weighted by molar-refractivity contribution is -0.134. The second-order valence-electron chi connectivity index (χ2n) is 7.07. The van der Waals surface area contributed by atoms with Crippen LogP contribution in [0.2, 0.25) is 0 Å². The second kappa shape index (κ2) is 6.51. The van der Waals surface area contributed by atoms with Crippen molar-refractivity contribution in [1.29, 1.82) is 0 Å². The van der Waals surface area contributed by atoms with E-state index >= 15 is 0 Å². The first kappa shape index (κ1) is 17.5. The summed E-state index contributed by atoms with van der Waals surface area (Å²) in [7, 11) is 1.72. The Hall–Kier alpha value is -2.35. The highest BCUT2D eigenvalue weighted by Gasteiger charge is 2.55. The minimum atomic E-state index is -0.888. The van der Waals surface area contributed by atoms with Gasteiger partial charge in [0.2, 0.25) is 5.91 Å². The van der Waals surface area contributed by atoms with Gasteiger partial charge in [-0.15, -0.1) is 0 Å². The summed E-state index contributed by atoms with van der Waals surface area (Å²) in [6.07, 6.45) is 2.10. The first-order valence-corrected chi connectivity index (χ1v) is 8.47. The number of nitrogens with zero attached hydrogens (tertiary/aromatic N) is 3. The minimum Gasteiger partial charge on any atom is -0.467 e. The van der Waals surface area contributed by atoms with Gasteiger partial charge in [-0.2, -0.15) is 0 Å². The van der Waals surface area contributed by atoms with Crippen molar-refractivity contribution in [1.82, 2.24) is 20.0 Å². The van der Waals surface area contributed by atoms with Gasteiger partial charge in [-0.05, 0) is 32.4 Å². The van der Waals surface area contributed by atoms with Crippen LogP contribution in [-0.2, 0) is 16.1 Å². The fourth-order valence-corrected chi connectivity index (χ4v) is 3.45. The van der Waals surface area contributed by atoms with Crippen LogP contribution in [0.1, 0.15) is 26.0 Å². The SMILES string of the molecule is CC(C)N1C(=O)N[C@@]2(CCN(CC(=O)N(C)Cc3ccco3)C2)C1=O. The van der Waals surface area contributed by atoms with Crippen LogP contribution in [0.3, 0.4) is 0 Å². The molecular formula is C17H24N4O4. The summed E-state index contributed by atoms with van der Waals surface area (Å²) in [5.74, 6) is 0.483. The van der Waals surface area contributed by atoms with Gasteiger partial charge in [0.15, 0.2) is 0 Å². The Kier molecular flexibility index (Phi) is 4.55. The fraction of sp³-hybridized carbons (Fsp3) is 0.588. The molecule has 1 aromatic heterocycles. The van der Waals surface area contributed by atoms with E-state index in [1.807, 2.05) is 24.8 Å². The molecule has 3 rings (SSSR count). The summed E-state index contributed by atoms with van der Waals surface area (Å²) in [5.41, 5.74) is -0.888. The number of nitrogens with one attached hydrogen (secondary N) is 1. The molecule has 0 aromatic carbocycles. The van der Waals surface area contributed by atoms with Crippen molar-refractivity contribution in [2.45, 2.75) is 38.4 Å². The number of carbonyl (C=O) groups excluding carboxylic acids is 3. The molecule has 1 atom stereocenters. The van der Waals surface area contributed by atoms with E-state index in [2.05, 4.69) is 5.32 Å². The highest BCUT2D eigenvalue weighted by atomic mass is 16.3. The molecule has 2 aliphatic heterocycles. The van der Waals surface area contributed by atoms with Gasteiger partial charge in [0, 0.05) is 26.2 Å². The molecule has 136 valence electrons. The lowest BCUT2D eigenvalue weighted by atomic mass is 9.98. The molecular weight excluding hydrogens is 324 g/mol. The molecule has 2 fully saturated rings. The summed E-state index contributed by atoms with van der Waals surface area (Å²) in [6, 6.07) is 3.08. The molecule has 2 aliphatic rings. The smallest absolute Gasteiger partial charge is 0.325 e. The van der Waals surface area contributed by atoms with E-state index in [0.717, 1.165) is 5.76 Å². The Morgan fingerprint density at radius 2 is 2.20 bits per heavy atom. The Morgan fingerprint density at radius 1 is 1.44 bits per heavy atom. The molecule has 3 heterocycles. The third-order valence-electron chi connectivity index (χ3n) is 4.82. The van der Waals surface area contributed by atoms with Crippen LogP contribution in [0.15, 0.2) is 22.8 Å². The zero-order valence-corrected chi connectivity index (χ0v) is 14.8. The second-order valence-corrected chi connectivity index (χ2v) is 7.07. The van der Waals surface area contributed by atoms with Crippen LogP contribution in [0.5, 0.6) is 0 Å². The van der Waals surface area contributed by atoms with Crippen molar-refractivity contribution in [2.75, 3.05) is 26.7 Å². The first-order chi connectivity index (χ1) is 11.8. The average molecular weight is 348 g/mol. The van der Waals surface area contributed by atoms with Crippen LogP contribution in [0, 0.1) is 0 Å². The monoisotopic (exact) mass is 348 g/mol. The van der Waals surface area contributed by atoms with Crippen molar-refractivity contribution in [2.24, 2.45) is 0 Å². The normalized spacial score (nSPS) is 23.8. The highest BCUT2D eigenvalue weighted by molar-refractivity contribution is 6.07. The number of hydrogen-bond acceptors (Lipinski definition) is 5. The summed E-state index contributed by atoms with van der Waals surface area (Å²) in [4.78, 5) is 42.0. The predicted octanol–water partition coefficient (Wildman–Crippen LogP) is 0.643. The van der Waals surface area contributed by atoms with E-state index in [4.69, 9.17) is 4.42 Å². The quantitative estimate of drug-likeness (QED) is 0.790. The van der Waals surface area contributed by atoms with Crippen molar-refractivity contribution >= 4 is 17.8 Å². The largest absolute Gasteiger partial charge is 0.467 e. The number of likely N-dealkylation sites (tertiary alicyclic amines) is 1. The van der Waals surface area contributed by atoms with Crippen LogP contribution in [0.25, 0.3) is 0 Å². The lowest BCUT2D eigenvalue weighted by Crippen LogP contribution is -2.50. The number of likely N-dealkylation sites (N-methyl/N-ethyl adjacent to an activating group) is 1. The van der Waals surface area contributed by atoms with E-state index in [0.29, 0.717) is 26.1 Å². The number of furan rings is 1. The fourth-order valence-electron chi connectivity index (χ4n) is 3.45. The number of imide groups is 1. The van der Waals surface area contributed by atoms with Crippen molar-refractivity contribution in [3.63, 3.8) is 0 Å². The molecule has 0 bridgehead atoms. The van der Waals surface area contributed by atoms with Gasteiger partial charge in [-0.25, -0.2) is 4.79 Å². The van der Waals surface area contributed by atoms with Gasteiger partial charge >= 0.3 is 6.03 Å². The van der Waals surface area contributed by atoms with Crippen molar-refractivity contribution < 1.29 is 18.8 Å². The van der Waals surface area contributed by atoms with Gasteiger partial charge in [-0.1, -0.05) is 0 Å². The molecule has 2 saturated heterocycles. The first-order valence-electron chi connectivity index (χ1n) is 8.47. The highest BCUT2D eigenvalue weighted by Crippen LogP contribution is 2.29. The zero-order valence-electron chi connectivity index (χ0n) is 14.8. The van der Waals surface area contributed by atoms with Gasteiger partial charge in [0.25, 0.3) is 5.91 Å². The standard InChI is InChI=1S/C17H24N4O4/c1-12(2)21-15(23)17(18-16(21)24)6-7-20(11-17)10-14(22)19(3)9-13-5-4-8-25-13/h4-5,8,12H,6-7,9-11H2,1-3H3,(H,18,24)/t17-/m1/s1. The third-order valence-corrected chi connectivity index (χ3v) is 4.82. The molecule has 0 radical (unpaired) electrons. The Labute approximate surface area is 146 Å².